The van der Waals surface area contributed by atoms with Crippen molar-refractivity contribution in [2.24, 2.45) is 0 Å². The summed E-state index contributed by atoms with van der Waals surface area (Å²) in [6.45, 7) is 0. The van der Waals surface area contributed by atoms with Crippen molar-refractivity contribution in [1.82, 2.24) is 19.1 Å². The number of nitrogens with zero attached hydrogens (tertiary/aromatic N) is 4. The van der Waals surface area contributed by atoms with E-state index < -0.39 is 0 Å². The smallest absolute Gasteiger partial charge is 0.0702 e. The van der Waals surface area contributed by atoms with Crippen LogP contribution in [-0.4, -0.2) is 19.1 Å². The van der Waals surface area contributed by atoms with Gasteiger partial charge in [0, 0.05) is 56.4 Å². The Labute approximate surface area is 300 Å². The number of hydrogen-bond acceptors (Lipinski definition) is 2. The molecule has 0 bridgehead atoms. The zero-order valence-electron chi connectivity index (χ0n) is 28.4. The van der Waals surface area contributed by atoms with Gasteiger partial charge < -0.3 is 9.13 Å². The Balaban J connectivity index is 1.18. The molecule has 6 aromatic carbocycles. The number of benzene rings is 6. The van der Waals surface area contributed by atoms with Gasteiger partial charge in [-0.1, -0.05) is 72.8 Å². The van der Waals surface area contributed by atoms with E-state index in [4.69, 9.17) is 0 Å². The predicted octanol–water partition coefficient (Wildman–Crippen LogP) is 11.8. The highest BCUT2D eigenvalue weighted by Gasteiger charge is 2.25. The van der Waals surface area contributed by atoms with Gasteiger partial charge in [0.1, 0.15) is 0 Å². The maximum atomic E-state index is 4.67. The minimum absolute atomic E-state index is 0.970. The van der Waals surface area contributed by atoms with Crippen LogP contribution in [0.4, 0.5) is 0 Å². The average Bonchev–Trinajstić information content (AvgIpc) is 3.73. The first-order chi connectivity index (χ1) is 25.8. The first-order valence-electron chi connectivity index (χ1n) is 18.0. The molecule has 10 aromatic rings. The second-order valence-electron chi connectivity index (χ2n) is 13.8. The molecule has 0 atom stereocenters. The van der Waals surface area contributed by atoms with Gasteiger partial charge in [-0.3, -0.25) is 9.97 Å². The molecule has 0 fully saturated rings. The summed E-state index contributed by atoms with van der Waals surface area (Å²) in [5, 5.41) is 5.05. The minimum atomic E-state index is 0.970. The second kappa shape index (κ2) is 11.4. The third kappa shape index (κ3) is 4.34. The molecular weight excluding hydrogens is 633 g/mol. The lowest BCUT2D eigenvalue weighted by Gasteiger charge is -2.23. The molecule has 0 saturated heterocycles. The normalized spacial score (nSPS) is 12.5. The highest BCUT2D eigenvalue weighted by atomic mass is 15.0. The fourth-order valence-corrected chi connectivity index (χ4v) is 8.60. The molecule has 244 valence electrons. The van der Waals surface area contributed by atoms with Gasteiger partial charge in [-0.05, 0) is 120 Å². The Morgan fingerprint density at radius 2 is 0.981 bits per heavy atom. The van der Waals surface area contributed by atoms with Gasteiger partial charge in [-0.25, -0.2) is 0 Å². The number of pyridine rings is 2. The highest BCUT2D eigenvalue weighted by molar-refractivity contribution is 6.15. The van der Waals surface area contributed by atoms with Gasteiger partial charge >= 0.3 is 0 Å². The summed E-state index contributed by atoms with van der Waals surface area (Å²) in [5.41, 5.74) is 16.9. The molecule has 4 nitrogen and oxygen atoms in total. The molecular formula is C48H32N4. The zero-order valence-corrected chi connectivity index (χ0v) is 28.4. The van der Waals surface area contributed by atoms with Gasteiger partial charge in [0.2, 0.25) is 0 Å². The molecule has 4 heterocycles. The molecule has 0 radical (unpaired) electrons. The predicted molar refractivity (Wildman–Crippen MR) is 214 cm³/mol. The van der Waals surface area contributed by atoms with Crippen molar-refractivity contribution in [2.75, 3.05) is 0 Å². The van der Waals surface area contributed by atoms with Crippen molar-refractivity contribution in [3.63, 3.8) is 0 Å². The summed E-state index contributed by atoms with van der Waals surface area (Å²) in [4.78, 5) is 9.35. The molecule has 4 heteroatoms. The molecule has 0 spiro atoms. The van der Waals surface area contributed by atoms with E-state index in [9.17, 15) is 0 Å². The highest BCUT2D eigenvalue weighted by Crippen LogP contribution is 2.45. The molecule has 52 heavy (non-hydrogen) atoms. The van der Waals surface area contributed by atoms with Crippen molar-refractivity contribution in [3.8, 4) is 45.0 Å². The SMILES string of the molecule is c1ccc(-n2c3ccc(-c4ccccn4)cc3c3cc4c(cc32)-c2ccc3c5cc(-c6ccccn6)ccc5n(-c5ccccc5)c3c2CC4)cc1. The molecule has 0 unspecified atom stereocenters. The van der Waals surface area contributed by atoms with E-state index in [1.54, 1.807) is 0 Å². The van der Waals surface area contributed by atoms with Crippen molar-refractivity contribution >= 4 is 43.6 Å². The number of aryl methyl sites for hydroxylation is 2. The van der Waals surface area contributed by atoms with Gasteiger partial charge in [-0.2, -0.15) is 0 Å². The molecule has 0 amide bonds. The first kappa shape index (κ1) is 29.0. The number of rotatable bonds is 4. The van der Waals surface area contributed by atoms with Crippen molar-refractivity contribution in [2.45, 2.75) is 12.8 Å². The van der Waals surface area contributed by atoms with Crippen LogP contribution in [0, 0.1) is 0 Å². The van der Waals surface area contributed by atoms with Crippen LogP contribution in [0.2, 0.25) is 0 Å². The second-order valence-corrected chi connectivity index (χ2v) is 13.8. The summed E-state index contributed by atoms with van der Waals surface area (Å²) in [6.07, 6.45) is 5.69. The van der Waals surface area contributed by atoms with Crippen LogP contribution in [0.3, 0.4) is 0 Å². The van der Waals surface area contributed by atoms with Crippen molar-refractivity contribution in [3.05, 3.63) is 181 Å². The van der Waals surface area contributed by atoms with Crippen LogP contribution >= 0.6 is 0 Å². The van der Waals surface area contributed by atoms with E-state index in [2.05, 4.69) is 165 Å². The van der Waals surface area contributed by atoms with E-state index in [-0.39, 0.29) is 0 Å². The van der Waals surface area contributed by atoms with Crippen LogP contribution in [0.1, 0.15) is 11.1 Å². The lowest BCUT2D eigenvalue weighted by atomic mass is 9.83. The van der Waals surface area contributed by atoms with Crippen LogP contribution in [0.5, 0.6) is 0 Å². The summed E-state index contributed by atoms with van der Waals surface area (Å²) in [7, 11) is 0. The summed E-state index contributed by atoms with van der Waals surface area (Å²) in [5.74, 6) is 0. The number of para-hydroxylation sites is 2. The van der Waals surface area contributed by atoms with E-state index in [0.29, 0.717) is 0 Å². The van der Waals surface area contributed by atoms with E-state index in [1.807, 2.05) is 24.5 Å². The zero-order chi connectivity index (χ0) is 34.2. The molecule has 0 saturated carbocycles. The van der Waals surface area contributed by atoms with E-state index in [0.717, 1.165) is 41.0 Å². The molecule has 1 aliphatic carbocycles. The van der Waals surface area contributed by atoms with Crippen LogP contribution < -0.4 is 0 Å². The van der Waals surface area contributed by atoms with Crippen LogP contribution in [0.15, 0.2) is 170 Å². The largest absolute Gasteiger partial charge is 0.309 e. The Morgan fingerprint density at radius 1 is 0.404 bits per heavy atom. The van der Waals surface area contributed by atoms with Crippen molar-refractivity contribution in [1.29, 1.82) is 0 Å². The molecule has 1 aliphatic rings. The standard InChI is InChI=1S/C48H32N4/c1-3-11-34(12-4-1)51-45-23-18-33(44-16-8-10-26-50-44)29-41(45)42-27-31-17-20-37-36(39(31)30-47(42)51)21-22-38-40-28-32(43-15-7-9-25-49-43)19-24-46(40)52(48(37)38)35-13-5-2-6-14-35/h1-16,18-19,21-30H,17,20H2. The van der Waals surface area contributed by atoms with Gasteiger partial charge in [0.05, 0.1) is 33.5 Å². The van der Waals surface area contributed by atoms with Crippen molar-refractivity contribution < 1.29 is 0 Å². The molecule has 11 rings (SSSR count). The van der Waals surface area contributed by atoms with Crippen LogP contribution in [-0.2, 0) is 12.8 Å². The number of hydrogen-bond donors (Lipinski definition) is 0. The van der Waals surface area contributed by atoms with Gasteiger partial charge in [0.25, 0.3) is 0 Å². The molecule has 0 aliphatic heterocycles. The number of fused-ring (bicyclic) bond motifs is 10. The Morgan fingerprint density at radius 3 is 1.62 bits per heavy atom. The maximum Gasteiger partial charge on any atom is 0.0702 e. The lowest BCUT2D eigenvalue weighted by Crippen LogP contribution is -2.07. The Kier molecular flexibility index (Phi) is 6.34. The maximum absolute atomic E-state index is 4.67. The molecule has 4 aromatic heterocycles. The van der Waals surface area contributed by atoms with E-state index in [1.165, 1.54) is 71.6 Å². The minimum Gasteiger partial charge on any atom is -0.309 e. The van der Waals surface area contributed by atoms with E-state index >= 15 is 0 Å². The van der Waals surface area contributed by atoms with Gasteiger partial charge in [0.15, 0.2) is 0 Å². The summed E-state index contributed by atoms with van der Waals surface area (Å²) in [6, 6.07) is 57.1. The third-order valence-corrected chi connectivity index (χ3v) is 10.9. The fraction of sp³-hybridized carbons (Fsp3) is 0.0417. The topological polar surface area (TPSA) is 35.6 Å². The fourth-order valence-electron chi connectivity index (χ4n) is 8.60. The first-order valence-corrected chi connectivity index (χ1v) is 18.0. The Hall–Kier alpha value is -6.78. The average molecular weight is 665 g/mol. The summed E-state index contributed by atoms with van der Waals surface area (Å²) >= 11 is 0. The number of aromatic nitrogens is 4. The van der Waals surface area contributed by atoms with Crippen LogP contribution in [0.25, 0.3) is 88.6 Å². The molecule has 0 N–H and O–H groups in total. The lowest BCUT2D eigenvalue weighted by molar-refractivity contribution is 0.944. The third-order valence-electron chi connectivity index (χ3n) is 10.9. The monoisotopic (exact) mass is 664 g/mol. The Bertz CT molecular complexity index is 2930. The van der Waals surface area contributed by atoms with Gasteiger partial charge in [-0.15, -0.1) is 0 Å². The quantitative estimate of drug-likeness (QED) is 0.188. The summed E-state index contributed by atoms with van der Waals surface area (Å²) < 4.78 is 4.91.